The molecule has 3 rings (SSSR count). The van der Waals surface area contributed by atoms with E-state index in [1.807, 2.05) is 43.3 Å². The number of rotatable bonds is 8. The predicted octanol–water partition coefficient (Wildman–Crippen LogP) is 4.51. The quantitative estimate of drug-likeness (QED) is 0.545. The lowest BCUT2D eigenvalue weighted by atomic mass is 10.1. The summed E-state index contributed by atoms with van der Waals surface area (Å²) in [5.74, 6) is -0.799. The van der Waals surface area contributed by atoms with E-state index in [0.29, 0.717) is 5.56 Å². The Morgan fingerprint density at radius 2 is 1.66 bits per heavy atom. The van der Waals surface area contributed by atoms with Crippen LogP contribution < -0.4 is 5.32 Å². The van der Waals surface area contributed by atoms with E-state index >= 15 is 0 Å². The average molecular weight is 455 g/mol. The standard InChI is InChI=1S/C25H27FN2O3S/c1-18-9-10-19(2)24(15-18)32(30,31)28(16-21-7-5-4-6-8-21)17-25(29)27-20(3)22-11-13-23(26)14-12-22/h4-15,20H,16-17H2,1-3H3,(H,27,29). The SMILES string of the molecule is Cc1ccc(C)c(S(=O)(=O)N(CC(=O)NC(C)c2ccc(F)cc2)Cc2ccccc2)c1. The Morgan fingerprint density at radius 1 is 1.00 bits per heavy atom. The summed E-state index contributed by atoms with van der Waals surface area (Å²) in [5.41, 5.74) is 2.95. The van der Waals surface area contributed by atoms with Gasteiger partial charge in [-0.15, -0.1) is 0 Å². The zero-order chi connectivity index (χ0) is 23.3. The molecule has 0 radical (unpaired) electrons. The van der Waals surface area contributed by atoms with Crippen LogP contribution in [0.3, 0.4) is 0 Å². The molecule has 32 heavy (non-hydrogen) atoms. The van der Waals surface area contributed by atoms with Crippen molar-refractivity contribution < 1.29 is 17.6 Å². The largest absolute Gasteiger partial charge is 0.348 e. The molecule has 1 unspecified atom stereocenters. The van der Waals surface area contributed by atoms with Gasteiger partial charge in [0.2, 0.25) is 15.9 Å². The van der Waals surface area contributed by atoms with Crippen molar-refractivity contribution in [3.63, 3.8) is 0 Å². The minimum Gasteiger partial charge on any atom is -0.348 e. The molecule has 0 aromatic heterocycles. The zero-order valence-corrected chi connectivity index (χ0v) is 19.2. The highest BCUT2D eigenvalue weighted by Crippen LogP contribution is 2.23. The second-order valence-electron chi connectivity index (χ2n) is 7.87. The van der Waals surface area contributed by atoms with Gasteiger partial charge in [0.15, 0.2) is 0 Å². The van der Waals surface area contributed by atoms with Gasteiger partial charge in [-0.1, -0.05) is 54.6 Å². The third-order valence-corrected chi connectivity index (χ3v) is 7.16. The number of sulfonamides is 1. The molecule has 7 heteroatoms. The lowest BCUT2D eigenvalue weighted by Crippen LogP contribution is -2.41. The third-order valence-electron chi connectivity index (χ3n) is 5.23. The fourth-order valence-electron chi connectivity index (χ4n) is 3.42. The van der Waals surface area contributed by atoms with Crippen LogP contribution in [0.25, 0.3) is 0 Å². The number of halogens is 1. The molecular formula is C25H27FN2O3S. The van der Waals surface area contributed by atoms with Crippen molar-refractivity contribution in [3.05, 3.63) is 101 Å². The van der Waals surface area contributed by atoms with Crippen LogP contribution >= 0.6 is 0 Å². The van der Waals surface area contributed by atoms with Crippen LogP contribution in [0, 0.1) is 19.7 Å². The first-order chi connectivity index (χ1) is 15.2. The van der Waals surface area contributed by atoms with Crippen LogP contribution in [-0.4, -0.2) is 25.2 Å². The summed E-state index contributed by atoms with van der Waals surface area (Å²) in [6.07, 6.45) is 0. The van der Waals surface area contributed by atoms with Crippen molar-refractivity contribution >= 4 is 15.9 Å². The lowest BCUT2D eigenvalue weighted by molar-refractivity contribution is -0.122. The third kappa shape index (κ3) is 5.81. The fraction of sp³-hybridized carbons (Fsp3) is 0.240. The molecule has 0 aliphatic rings. The number of amides is 1. The molecule has 0 saturated heterocycles. The molecule has 1 atom stereocenters. The van der Waals surface area contributed by atoms with Gasteiger partial charge in [0, 0.05) is 6.54 Å². The van der Waals surface area contributed by atoms with E-state index in [1.165, 1.54) is 16.4 Å². The summed E-state index contributed by atoms with van der Waals surface area (Å²) in [6, 6.07) is 19.8. The predicted molar refractivity (Wildman–Crippen MR) is 123 cm³/mol. The summed E-state index contributed by atoms with van der Waals surface area (Å²) in [5, 5.41) is 2.81. The normalized spacial score (nSPS) is 12.5. The number of carbonyl (C=O) groups excluding carboxylic acids is 1. The molecule has 0 fully saturated rings. The van der Waals surface area contributed by atoms with Crippen LogP contribution in [0.4, 0.5) is 4.39 Å². The number of aryl methyl sites for hydroxylation is 2. The molecular weight excluding hydrogens is 427 g/mol. The van der Waals surface area contributed by atoms with Crippen molar-refractivity contribution in [2.75, 3.05) is 6.54 Å². The van der Waals surface area contributed by atoms with Crippen LogP contribution in [-0.2, 0) is 21.4 Å². The highest BCUT2D eigenvalue weighted by molar-refractivity contribution is 7.89. The van der Waals surface area contributed by atoms with Crippen LogP contribution in [0.2, 0.25) is 0 Å². The Bertz CT molecular complexity index is 1180. The molecule has 0 spiro atoms. The first kappa shape index (κ1) is 23.6. The van der Waals surface area contributed by atoms with Gasteiger partial charge in [-0.05, 0) is 61.2 Å². The Kier molecular flexibility index (Phi) is 7.43. The van der Waals surface area contributed by atoms with Crippen LogP contribution in [0.5, 0.6) is 0 Å². The molecule has 5 nitrogen and oxygen atoms in total. The molecule has 0 saturated carbocycles. The van der Waals surface area contributed by atoms with E-state index in [0.717, 1.165) is 16.7 Å². The Hall–Kier alpha value is -3.03. The Labute approximate surface area is 188 Å². The highest BCUT2D eigenvalue weighted by Gasteiger charge is 2.29. The summed E-state index contributed by atoms with van der Waals surface area (Å²) in [6.45, 7) is 5.07. The van der Waals surface area contributed by atoms with Gasteiger partial charge in [0.1, 0.15) is 5.82 Å². The topological polar surface area (TPSA) is 66.5 Å². The monoisotopic (exact) mass is 454 g/mol. The smallest absolute Gasteiger partial charge is 0.244 e. The minimum atomic E-state index is -3.93. The molecule has 0 aliphatic heterocycles. The molecule has 0 aliphatic carbocycles. The van der Waals surface area contributed by atoms with Gasteiger partial charge in [-0.2, -0.15) is 4.31 Å². The zero-order valence-electron chi connectivity index (χ0n) is 18.4. The van der Waals surface area contributed by atoms with Gasteiger partial charge in [0.25, 0.3) is 0 Å². The molecule has 1 N–H and O–H groups in total. The van der Waals surface area contributed by atoms with Crippen molar-refractivity contribution in [1.82, 2.24) is 9.62 Å². The van der Waals surface area contributed by atoms with Gasteiger partial charge >= 0.3 is 0 Å². The van der Waals surface area contributed by atoms with E-state index in [4.69, 9.17) is 0 Å². The molecule has 3 aromatic carbocycles. The van der Waals surface area contributed by atoms with Gasteiger partial charge in [-0.25, -0.2) is 12.8 Å². The Morgan fingerprint density at radius 3 is 2.31 bits per heavy atom. The van der Waals surface area contributed by atoms with Crippen molar-refractivity contribution in [1.29, 1.82) is 0 Å². The van der Waals surface area contributed by atoms with Gasteiger partial charge in [0.05, 0.1) is 17.5 Å². The van der Waals surface area contributed by atoms with Gasteiger partial charge in [-0.3, -0.25) is 4.79 Å². The average Bonchev–Trinajstić information content (AvgIpc) is 2.76. The minimum absolute atomic E-state index is 0.0644. The Balaban J connectivity index is 1.86. The molecule has 168 valence electrons. The highest BCUT2D eigenvalue weighted by atomic mass is 32.2. The lowest BCUT2D eigenvalue weighted by Gasteiger charge is -2.24. The van der Waals surface area contributed by atoms with E-state index in [9.17, 15) is 17.6 Å². The number of nitrogens with one attached hydrogen (secondary N) is 1. The molecule has 1 amide bonds. The number of hydrogen-bond donors (Lipinski definition) is 1. The van der Waals surface area contributed by atoms with E-state index in [-0.39, 0.29) is 23.8 Å². The number of carbonyl (C=O) groups is 1. The van der Waals surface area contributed by atoms with Crippen LogP contribution in [0.15, 0.2) is 77.7 Å². The van der Waals surface area contributed by atoms with E-state index in [2.05, 4.69) is 5.32 Å². The molecule has 0 bridgehead atoms. The summed E-state index contributed by atoms with van der Waals surface area (Å²) >= 11 is 0. The summed E-state index contributed by atoms with van der Waals surface area (Å²) in [4.78, 5) is 13.0. The second-order valence-corrected chi connectivity index (χ2v) is 9.77. The van der Waals surface area contributed by atoms with Crippen molar-refractivity contribution in [3.8, 4) is 0 Å². The second kappa shape index (κ2) is 10.1. The fourth-order valence-corrected chi connectivity index (χ4v) is 5.11. The number of benzene rings is 3. The molecule has 0 heterocycles. The van der Waals surface area contributed by atoms with Gasteiger partial charge < -0.3 is 5.32 Å². The number of nitrogens with zero attached hydrogens (tertiary/aromatic N) is 1. The maximum atomic E-state index is 13.5. The molecule has 3 aromatic rings. The van der Waals surface area contributed by atoms with Crippen molar-refractivity contribution in [2.24, 2.45) is 0 Å². The van der Waals surface area contributed by atoms with E-state index < -0.39 is 22.0 Å². The first-order valence-electron chi connectivity index (χ1n) is 10.3. The van der Waals surface area contributed by atoms with E-state index in [1.54, 1.807) is 38.1 Å². The maximum absolute atomic E-state index is 13.5. The number of hydrogen-bond acceptors (Lipinski definition) is 3. The maximum Gasteiger partial charge on any atom is 0.244 e. The first-order valence-corrected chi connectivity index (χ1v) is 11.8. The van der Waals surface area contributed by atoms with Crippen molar-refractivity contribution in [2.45, 2.75) is 38.3 Å². The van der Waals surface area contributed by atoms with Crippen LogP contribution in [0.1, 0.15) is 35.2 Å². The summed E-state index contributed by atoms with van der Waals surface area (Å²) < 4.78 is 41.5. The summed E-state index contributed by atoms with van der Waals surface area (Å²) in [7, 11) is -3.93.